The van der Waals surface area contributed by atoms with Gasteiger partial charge in [-0.3, -0.25) is 14.6 Å². The molecule has 0 bridgehead atoms. The van der Waals surface area contributed by atoms with E-state index in [2.05, 4.69) is 49.9 Å². The molecule has 5 atom stereocenters. The highest BCUT2D eigenvalue weighted by molar-refractivity contribution is 5.91. The van der Waals surface area contributed by atoms with Gasteiger partial charge in [-0.2, -0.15) is 0 Å². The number of methoxy groups -OCH3 is 3. The Morgan fingerprint density at radius 1 is 0.804 bits per heavy atom. The van der Waals surface area contributed by atoms with Gasteiger partial charge in [0.25, 0.3) is 0 Å². The number of nitrogens with zero attached hydrogens (tertiary/aromatic N) is 5. The van der Waals surface area contributed by atoms with Crippen LogP contribution in [-0.4, -0.2) is 111 Å². The minimum absolute atomic E-state index is 0.147. The number of H-pyrrole nitrogens is 2. The normalized spacial score (nSPS) is 18.5. The highest BCUT2D eigenvalue weighted by atomic mass is 16.5. The van der Waals surface area contributed by atoms with Gasteiger partial charge in [0.1, 0.15) is 23.7 Å². The second-order valence-corrected chi connectivity index (χ2v) is 14.2. The molecule has 2 aromatic carbocycles. The van der Waals surface area contributed by atoms with Crippen LogP contribution in [0.5, 0.6) is 0 Å². The molecule has 5 aromatic rings. The zero-order chi connectivity index (χ0) is 39.5. The average Bonchev–Trinajstić information content (AvgIpc) is 4.06. The van der Waals surface area contributed by atoms with E-state index in [4.69, 9.17) is 24.2 Å². The summed E-state index contributed by atoms with van der Waals surface area (Å²) in [5.41, 5.74) is 5.00. The fourth-order valence-electron chi connectivity index (χ4n) is 7.72. The Balaban J connectivity index is 1.07. The number of imidazole rings is 2. The molecule has 2 aliphatic heterocycles. The van der Waals surface area contributed by atoms with Crippen LogP contribution in [0.1, 0.15) is 69.7 Å². The quantitative estimate of drug-likeness (QED) is 0.135. The van der Waals surface area contributed by atoms with Gasteiger partial charge in [0.05, 0.1) is 67.2 Å². The second-order valence-electron chi connectivity index (χ2n) is 14.2. The Morgan fingerprint density at radius 2 is 1.45 bits per heavy atom. The number of hydrogen-bond donors (Lipinski definition) is 4. The predicted molar refractivity (Wildman–Crippen MR) is 207 cm³/mol. The first-order valence-electron chi connectivity index (χ1n) is 18.9. The van der Waals surface area contributed by atoms with Gasteiger partial charge in [0.15, 0.2) is 0 Å². The van der Waals surface area contributed by atoms with Crippen molar-refractivity contribution in [1.29, 1.82) is 0 Å². The summed E-state index contributed by atoms with van der Waals surface area (Å²) in [5.74, 6) is 0.964. The summed E-state index contributed by atoms with van der Waals surface area (Å²) >= 11 is 0. The van der Waals surface area contributed by atoms with Crippen molar-refractivity contribution in [1.82, 2.24) is 45.4 Å². The molecule has 0 spiro atoms. The number of hydrogen-bond acceptors (Lipinski definition) is 10. The van der Waals surface area contributed by atoms with Crippen molar-refractivity contribution in [2.45, 2.75) is 76.2 Å². The monoisotopic (exact) mass is 765 g/mol. The van der Waals surface area contributed by atoms with Gasteiger partial charge < -0.3 is 44.6 Å². The molecular weight excluding hydrogens is 718 g/mol. The van der Waals surface area contributed by atoms with E-state index < -0.39 is 30.4 Å². The molecule has 2 fully saturated rings. The van der Waals surface area contributed by atoms with Gasteiger partial charge >= 0.3 is 12.2 Å². The fraction of sp³-hybridized carbons (Fsp3) is 0.425. The van der Waals surface area contributed by atoms with Crippen LogP contribution in [0.15, 0.2) is 54.9 Å². The van der Waals surface area contributed by atoms with Crippen molar-refractivity contribution in [2.75, 3.05) is 34.4 Å². The van der Waals surface area contributed by atoms with E-state index in [9.17, 15) is 19.2 Å². The lowest BCUT2D eigenvalue weighted by Crippen LogP contribution is -2.54. The predicted octanol–water partition coefficient (Wildman–Crippen LogP) is 5.39. The molecule has 7 rings (SSSR count). The number of benzene rings is 2. The average molecular weight is 766 g/mol. The topological polar surface area (TPSA) is 197 Å². The molecule has 0 aliphatic carbocycles. The van der Waals surface area contributed by atoms with Crippen molar-refractivity contribution >= 4 is 45.8 Å². The van der Waals surface area contributed by atoms with Crippen molar-refractivity contribution in [3.8, 4) is 22.5 Å². The first-order chi connectivity index (χ1) is 27.1. The Hall–Kier alpha value is -6.03. The maximum atomic E-state index is 13.7. The Morgan fingerprint density at radius 3 is 2.12 bits per heavy atom. The molecule has 0 saturated carbocycles. The van der Waals surface area contributed by atoms with Crippen LogP contribution in [0.4, 0.5) is 9.59 Å². The molecule has 0 radical (unpaired) electrons. The van der Waals surface area contributed by atoms with Gasteiger partial charge in [-0.05, 0) is 68.0 Å². The SMILES string of the molecule is CCC(NC(=O)OC)C(=O)N1CCCC1c1ncc(-c2ccc3cc(-c4cc5nc(C6CCCN6C(=O)C(NC(=O)OC)C(C)OC)[nH]c5cn4)ccc3c2)[nH]1. The Bertz CT molecular complexity index is 2250. The van der Waals surface area contributed by atoms with Crippen LogP contribution in [0.3, 0.4) is 0 Å². The van der Waals surface area contributed by atoms with E-state index in [1.54, 1.807) is 29.1 Å². The highest BCUT2D eigenvalue weighted by Crippen LogP contribution is 2.35. The van der Waals surface area contributed by atoms with E-state index in [-0.39, 0.29) is 23.9 Å². The standard InChI is InChI=1S/C40H47N9O7/c1-6-27(46-39(52)55-4)37(50)48-15-7-9-32(48)35-42-20-30(44-35)26-14-12-23-17-25(13-11-24(23)18-26)28-19-29-31(21-41-28)45-36(43-29)33-10-8-16-49(33)38(51)34(22(2)54-3)47-40(53)56-5/h11-14,17-22,27,32-34H,6-10,15-16H2,1-5H3,(H,42,44)(H,43,45)(H,46,52)(H,47,53). The third-order valence-corrected chi connectivity index (χ3v) is 10.9. The largest absolute Gasteiger partial charge is 0.453 e. The first kappa shape index (κ1) is 38.3. The van der Waals surface area contributed by atoms with Crippen molar-refractivity contribution < 1.29 is 33.4 Å². The van der Waals surface area contributed by atoms with E-state index in [0.29, 0.717) is 31.2 Å². The summed E-state index contributed by atoms with van der Waals surface area (Å²) in [4.78, 5) is 75.6. The number of amides is 4. The van der Waals surface area contributed by atoms with Crippen LogP contribution in [0.25, 0.3) is 44.3 Å². The number of likely N-dealkylation sites (tertiary alicyclic amines) is 2. The minimum Gasteiger partial charge on any atom is -0.453 e. The molecule has 2 aliphatic rings. The first-order valence-corrected chi connectivity index (χ1v) is 18.9. The Kier molecular flexibility index (Phi) is 11.2. The molecule has 56 heavy (non-hydrogen) atoms. The lowest BCUT2D eigenvalue weighted by molar-refractivity contribution is -0.137. The van der Waals surface area contributed by atoms with Crippen LogP contribution in [0, 0.1) is 0 Å². The van der Waals surface area contributed by atoms with E-state index in [1.165, 1.54) is 21.3 Å². The van der Waals surface area contributed by atoms with Crippen molar-refractivity contribution in [2.24, 2.45) is 0 Å². The number of carbonyl (C=O) groups excluding carboxylic acids is 4. The zero-order valence-electron chi connectivity index (χ0n) is 32.1. The van der Waals surface area contributed by atoms with Gasteiger partial charge in [-0.25, -0.2) is 19.6 Å². The van der Waals surface area contributed by atoms with Crippen LogP contribution < -0.4 is 10.6 Å². The van der Waals surface area contributed by atoms with Crippen molar-refractivity contribution in [3.63, 3.8) is 0 Å². The third-order valence-electron chi connectivity index (χ3n) is 10.9. The zero-order valence-corrected chi connectivity index (χ0v) is 32.1. The summed E-state index contributed by atoms with van der Waals surface area (Å²) < 4.78 is 14.9. The van der Waals surface area contributed by atoms with E-state index >= 15 is 0 Å². The molecule has 5 heterocycles. The van der Waals surface area contributed by atoms with Crippen LogP contribution >= 0.6 is 0 Å². The summed E-state index contributed by atoms with van der Waals surface area (Å²) in [7, 11) is 4.03. The number of nitrogens with one attached hydrogen (secondary N) is 4. The smallest absolute Gasteiger partial charge is 0.407 e. The van der Waals surface area contributed by atoms with E-state index in [1.807, 2.05) is 25.1 Å². The molecule has 2 saturated heterocycles. The van der Waals surface area contributed by atoms with Gasteiger partial charge in [-0.1, -0.05) is 31.2 Å². The fourth-order valence-corrected chi connectivity index (χ4v) is 7.72. The molecule has 16 nitrogen and oxygen atoms in total. The van der Waals surface area contributed by atoms with Gasteiger partial charge in [-0.15, -0.1) is 0 Å². The number of pyridine rings is 1. The minimum atomic E-state index is -0.912. The number of aromatic nitrogens is 5. The molecule has 294 valence electrons. The van der Waals surface area contributed by atoms with Crippen molar-refractivity contribution in [3.05, 3.63) is 66.5 Å². The maximum Gasteiger partial charge on any atom is 0.407 e. The maximum absolute atomic E-state index is 13.7. The third kappa shape index (κ3) is 7.60. The van der Waals surface area contributed by atoms with E-state index in [0.717, 1.165) is 70.0 Å². The number of alkyl carbamates (subject to hydrolysis) is 2. The number of aromatic amines is 2. The molecule has 4 amide bonds. The number of fused-ring (bicyclic) bond motifs is 2. The molecule has 3 aromatic heterocycles. The summed E-state index contributed by atoms with van der Waals surface area (Å²) in [6.07, 6.45) is 5.24. The van der Waals surface area contributed by atoms with Gasteiger partial charge in [0.2, 0.25) is 11.8 Å². The summed E-state index contributed by atoms with van der Waals surface area (Å²) in [5, 5.41) is 7.34. The molecule has 4 N–H and O–H groups in total. The summed E-state index contributed by atoms with van der Waals surface area (Å²) in [6, 6.07) is 12.2. The number of ether oxygens (including phenoxy) is 3. The van der Waals surface area contributed by atoms with Crippen LogP contribution in [0.2, 0.25) is 0 Å². The number of carbonyl (C=O) groups is 4. The van der Waals surface area contributed by atoms with Gasteiger partial charge in [0, 0.05) is 31.3 Å². The highest BCUT2D eigenvalue weighted by Gasteiger charge is 2.39. The summed E-state index contributed by atoms with van der Waals surface area (Å²) in [6.45, 7) is 4.70. The Labute approximate surface area is 323 Å². The molecule has 5 unspecified atom stereocenters. The second kappa shape index (κ2) is 16.4. The van der Waals surface area contributed by atoms with Crippen LogP contribution in [-0.2, 0) is 23.8 Å². The lowest BCUT2D eigenvalue weighted by atomic mass is 10.0. The number of rotatable bonds is 11. The lowest BCUT2D eigenvalue weighted by Gasteiger charge is -2.30. The molecule has 16 heteroatoms. The molecular formula is C40H47N9O7.